The molecule has 0 spiro atoms. The summed E-state index contributed by atoms with van der Waals surface area (Å²) in [5.41, 5.74) is 2.90. The predicted molar refractivity (Wildman–Crippen MR) is 66.8 cm³/mol. The van der Waals surface area contributed by atoms with Gasteiger partial charge in [-0.2, -0.15) is 4.39 Å². The largest absolute Gasteiger partial charge is 0.213 e. The van der Waals surface area contributed by atoms with Crippen molar-refractivity contribution in [2.45, 2.75) is 29.2 Å². The van der Waals surface area contributed by atoms with E-state index in [0.717, 1.165) is 4.90 Å². The van der Waals surface area contributed by atoms with Crippen LogP contribution >= 0.6 is 11.8 Å². The lowest BCUT2D eigenvalue weighted by Crippen LogP contribution is -1.86. The smallest absolute Gasteiger partial charge is 0.213 e. The van der Waals surface area contributed by atoms with Crippen LogP contribution in [-0.2, 0) is 12.8 Å². The first-order valence-electron chi connectivity index (χ1n) is 5.73. The highest BCUT2D eigenvalue weighted by molar-refractivity contribution is 7.99. The van der Waals surface area contributed by atoms with Crippen molar-refractivity contribution in [3.63, 3.8) is 0 Å². The second-order valence-electron chi connectivity index (χ2n) is 4.18. The van der Waals surface area contributed by atoms with Crippen molar-refractivity contribution in [1.82, 2.24) is 4.98 Å². The molecule has 0 radical (unpaired) electrons. The van der Waals surface area contributed by atoms with Crippen molar-refractivity contribution in [1.29, 1.82) is 0 Å². The average Bonchev–Trinajstić information content (AvgIpc) is 2.76. The van der Waals surface area contributed by atoms with E-state index in [1.807, 2.05) is 6.07 Å². The Balaban J connectivity index is 1.86. The minimum Gasteiger partial charge on any atom is -0.213 e. The number of pyridine rings is 1. The monoisotopic (exact) mass is 245 g/mol. The molecular weight excluding hydrogens is 233 g/mol. The van der Waals surface area contributed by atoms with Crippen LogP contribution in [0.2, 0.25) is 0 Å². The number of benzene rings is 1. The molecule has 0 amide bonds. The van der Waals surface area contributed by atoms with Gasteiger partial charge >= 0.3 is 0 Å². The molecule has 0 N–H and O–H groups in total. The Hall–Kier alpha value is -1.35. The average molecular weight is 245 g/mol. The number of rotatable bonds is 2. The number of halogens is 1. The molecule has 1 aliphatic carbocycles. The summed E-state index contributed by atoms with van der Waals surface area (Å²) in [6.45, 7) is 0. The highest BCUT2D eigenvalue weighted by atomic mass is 32.2. The molecule has 1 aromatic heterocycles. The molecule has 0 atom stereocenters. The summed E-state index contributed by atoms with van der Waals surface area (Å²) in [5, 5.41) is 0.711. The molecule has 0 aliphatic heterocycles. The number of aryl methyl sites for hydroxylation is 2. The highest BCUT2D eigenvalue weighted by Crippen LogP contribution is 2.31. The summed E-state index contributed by atoms with van der Waals surface area (Å²) in [6, 6.07) is 11.4. The van der Waals surface area contributed by atoms with E-state index in [1.54, 1.807) is 6.07 Å². The van der Waals surface area contributed by atoms with Gasteiger partial charge in [0, 0.05) is 4.90 Å². The fourth-order valence-corrected chi connectivity index (χ4v) is 3.04. The maximum absolute atomic E-state index is 13.0. The van der Waals surface area contributed by atoms with Gasteiger partial charge in [0.25, 0.3) is 0 Å². The fraction of sp³-hybridized carbons (Fsp3) is 0.214. The lowest BCUT2D eigenvalue weighted by Gasteiger charge is -2.04. The Bertz CT molecular complexity index is 554. The zero-order valence-electron chi connectivity index (χ0n) is 9.32. The van der Waals surface area contributed by atoms with Gasteiger partial charge in [0.2, 0.25) is 5.95 Å². The second-order valence-corrected chi connectivity index (χ2v) is 5.28. The van der Waals surface area contributed by atoms with Crippen LogP contribution in [0.4, 0.5) is 4.39 Å². The number of nitrogens with zero attached hydrogens (tertiary/aromatic N) is 1. The molecule has 1 nitrogen and oxygen atoms in total. The van der Waals surface area contributed by atoms with Gasteiger partial charge in [0.15, 0.2) is 0 Å². The zero-order chi connectivity index (χ0) is 11.7. The highest BCUT2D eigenvalue weighted by Gasteiger charge is 2.11. The maximum atomic E-state index is 13.0. The molecule has 1 aromatic carbocycles. The second kappa shape index (κ2) is 4.49. The van der Waals surface area contributed by atoms with E-state index in [4.69, 9.17) is 0 Å². The Labute approximate surface area is 104 Å². The van der Waals surface area contributed by atoms with E-state index < -0.39 is 5.95 Å². The number of hydrogen-bond donors (Lipinski definition) is 0. The summed E-state index contributed by atoms with van der Waals surface area (Å²) in [7, 11) is 0. The third-order valence-corrected chi connectivity index (χ3v) is 3.91. The molecule has 0 saturated heterocycles. The van der Waals surface area contributed by atoms with Crippen LogP contribution in [-0.4, -0.2) is 4.98 Å². The summed E-state index contributed by atoms with van der Waals surface area (Å²) >= 11 is 1.52. The summed E-state index contributed by atoms with van der Waals surface area (Å²) in [4.78, 5) is 5.00. The Morgan fingerprint density at radius 2 is 1.94 bits per heavy atom. The topological polar surface area (TPSA) is 12.9 Å². The molecule has 0 saturated carbocycles. The Morgan fingerprint density at radius 3 is 2.82 bits per heavy atom. The van der Waals surface area contributed by atoms with Crippen LogP contribution < -0.4 is 0 Å². The molecule has 86 valence electrons. The maximum Gasteiger partial charge on any atom is 0.213 e. The molecule has 3 heteroatoms. The van der Waals surface area contributed by atoms with E-state index in [2.05, 4.69) is 23.2 Å². The van der Waals surface area contributed by atoms with Gasteiger partial charge in [-0.3, -0.25) is 0 Å². The van der Waals surface area contributed by atoms with Gasteiger partial charge in [-0.25, -0.2) is 4.98 Å². The fourth-order valence-electron chi connectivity index (χ4n) is 2.18. The molecule has 1 heterocycles. The van der Waals surface area contributed by atoms with Crippen molar-refractivity contribution in [3.05, 3.63) is 53.5 Å². The van der Waals surface area contributed by atoms with Crippen LogP contribution in [0.3, 0.4) is 0 Å². The molecule has 2 aromatic rings. The Kier molecular flexibility index (Phi) is 2.85. The van der Waals surface area contributed by atoms with Crippen LogP contribution in [0, 0.1) is 5.95 Å². The molecule has 0 unspecified atom stereocenters. The third-order valence-electron chi connectivity index (χ3n) is 2.98. The first-order valence-corrected chi connectivity index (χ1v) is 6.55. The van der Waals surface area contributed by atoms with E-state index in [9.17, 15) is 4.39 Å². The van der Waals surface area contributed by atoms with Crippen LogP contribution in [0.5, 0.6) is 0 Å². The number of aromatic nitrogens is 1. The SMILES string of the molecule is Fc1cccc(Sc2ccc3c(c2)CCC3)n1. The lowest BCUT2D eigenvalue weighted by atomic mass is 10.1. The Morgan fingerprint density at radius 1 is 1.06 bits per heavy atom. The number of hydrogen-bond acceptors (Lipinski definition) is 2. The van der Waals surface area contributed by atoms with Gasteiger partial charge < -0.3 is 0 Å². The number of fused-ring (bicyclic) bond motifs is 1. The van der Waals surface area contributed by atoms with Crippen LogP contribution in [0.15, 0.2) is 46.3 Å². The van der Waals surface area contributed by atoms with Crippen LogP contribution in [0.25, 0.3) is 0 Å². The predicted octanol–water partition coefficient (Wildman–Crippen LogP) is 3.86. The molecular formula is C14H12FNS. The van der Waals surface area contributed by atoms with E-state index >= 15 is 0 Å². The summed E-state index contributed by atoms with van der Waals surface area (Å²) in [6.07, 6.45) is 3.61. The van der Waals surface area contributed by atoms with Gasteiger partial charge in [-0.15, -0.1) is 0 Å². The molecule has 17 heavy (non-hydrogen) atoms. The van der Waals surface area contributed by atoms with Gasteiger partial charge in [0.1, 0.15) is 5.03 Å². The minimum atomic E-state index is -0.420. The lowest BCUT2D eigenvalue weighted by molar-refractivity contribution is 0.572. The minimum absolute atomic E-state index is 0.420. The van der Waals surface area contributed by atoms with Gasteiger partial charge in [0.05, 0.1) is 0 Å². The molecule has 3 rings (SSSR count). The van der Waals surface area contributed by atoms with Crippen molar-refractivity contribution in [3.8, 4) is 0 Å². The normalized spacial score (nSPS) is 13.7. The quantitative estimate of drug-likeness (QED) is 0.745. The van der Waals surface area contributed by atoms with Gasteiger partial charge in [-0.05, 0) is 54.7 Å². The van der Waals surface area contributed by atoms with Crippen LogP contribution in [0.1, 0.15) is 17.5 Å². The van der Waals surface area contributed by atoms with Crippen molar-refractivity contribution >= 4 is 11.8 Å². The van der Waals surface area contributed by atoms with E-state index in [0.29, 0.717) is 5.03 Å². The van der Waals surface area contributed by atoms with E-state index in [1.165, 1.54) is 48.2 Å². The zero-order valence-corrected chi connectivity index (χ0v) is 10.1. The van der Waals surface area contributed by atoms with Crippen molar-refractivity contribution < 1.29 is 4.39 Å². The first kappa shape index (κ1) is 10.8. The van der Waals surface area contributed by atoms with Crippen molar-refractivity contribution in [2.24, 2.45) is 0 Å². The van der Waals surface area contributed by atoms with E-state index in [-0.39, 0.29) is 0 Å². The van der Waals surface area contributed by atoms with Crippen molar-refractivity contribution in [2.75, 3.05) is 0 Å². The summed E-state index contributed by atoms with van der Waals surface area (Å²) in [5.74, 6) is -0.420. The standard InChI is InChI=1S/C14H12FNS/c15-13-5-2-6-14(16-13)17-12-8-7-10-3-1-4-11(10)9-12/h2,5-9H,1,3-4H2. The third kappa shape index (κ3) is 2.34. The first-order chi connectivity index (χ1) is 8.31. The molecule has 0 fully saturated rings. The summed E-state index contributed by atoms with van der Waals surface area (Å²) < 4.78 is 13.0. The van der Waals surface area contributed by atoms with Gasteiger partial charge in [-0.1, -0.05) is 23.9 Å². The molecule has 1 aliphatic rings. The molecule has 0 bridgehead atoms.